The second-order valence-corrected chi connectivity index (χ2v) is 6.56. The van der Waals surface area contributed by atoms with E-state index in [1.54, 1.807) is 24.3 Å². The monoisotopic (exact) mass is 335 g/mol. The van der Waals surface area contributed by atoms with Crippen LogP contribution < -0.4 is 4.72 Å². The number of carboxylic acid groups (broad SMARTS) is 1. The summed E-state index contributed by atoms with van der Waals surface area (Å²) in [5.74, 6) is -0.986. The third-order valence-corrected chi connectivity index (χ3v) is 4.71. The number of carboxylic acids is 1. The summed E-state index contributed by atoms with van der Waals surface area (Å²) in [7, 11) is -2.06. The van der Waals surface area contributed by atoms with Crippen molar-refractivity contribution in [3.63, 3.8) is 0 Å². The predicted molar refractivity (Wildman–Crippen MR) is 85.9 cm³/mol. The van der Waals surface area contributed by atoms with Gasteiger partial charge < -0.3 is 9.84 Å². The first-order valence-electron chi connectivity index (χ1n) is 6.86. The van der Waals surface area contributed by atoms with E-state index in [1.807, 2.05) is 0 Å². The summed E-state index contributed by atoms with van der Waals surface area (Å²) in [4.78, 5) is 11.0. The zero-order chi connectivity index (χ0) is 16.9. The van der Waals surface area contributed by atoms with Crippen molar-refractivity contribution in [3.8, 4) is 11.1 Å². The average molecular weight is 335 g/mol. The summed E-state index contributed by atoms with van der Waals surface area (Å²) in [6.07, 6.45) is 0. The molecule has 0 aromatic heterocycles. The van der Waals surface area contributed by atoms with Crippen LogP contribution in [0.1, 0.15) is 10.4 Å². The largest absolute Gasteiger partial charge is 0.478 e. The van der Waals surface area contributed by atoms with E-state index in [1.165, 1.54) is 31.4 Å². The fraction of sp³-hybridized carbons (Fsp3) is 0.188. The molecule has 0 heterocycles. The quantitative estimate of drug-likeness (QED) is 0.755. The summed E-state index contributed by atoms with van der Waals surface area (Å²) in [5, 5.41) is 8.88. The van der Waals surface area contributed by atoms with Crippen LogP contribution in [-0.2, 0) is 14.8 Å². The summed E-state index contributed by atoms with van der Waals surface area (Å²) in [6, 6.07) is 12.8. The topological polar surface area (TPSA) is 92.7 Å². The van der Waals surface area contributed by atoms with E-state index in [2.05, 4.69) is 4.72 Å². The fourth-order valence-corrected chi connectivity index (χ4v) is 3.01. The van der Waals surface area contributed by atoms with Crippen molar-refractivity contribution in [2.24, 2.45) is 0 Å². The van der Waals surface area contributed by atoms with E-state index in [0.717, 1.165) is 11.1 Å². The Hall–Kier alpha value is -2.22. The molecule has 2 aromatic carbocycles. The maximum atomic E-state index is 12.0. The van der Waals surface area contributed by atoms with E-state index in [4.69, 9.17) is 9.84 Å². The number of rotatable bonds is 7. The summed E-state index contributed by atoms with van der Waals surface area (Å²) >= 11 is 0. The lowest BCUT2D eigenvalue weighted by atomic mass is 10.0. The van der Waals surface area contributed by atoms with Gasteiger partial charge in [-0.1, -0.05) is 24.3 Å². The second-order valence-electron chi connectivity index (χ2n) is 4.80. The Morgan fingerprint density at radius 2 is 1.57 bits per heavy atom. The Labute approximate surface area is 134 Å². The van der Waals surface area contributed by atoms with Gasteiger partial charge in [0.25, 0.3) is 0 Å². The van der Waals surface area contributed by atoms with Gasteiger partial charge in [0.1, 0.15) is 0 Å². The van der Waals surface area contributed by atoms with E-state index in [9.17, 15) is 13.2 Å². The lowest BCUT2D eigenvalue weighted by molar-refractivity contribution is 0.0697. The average Bonchev–Trinajstić information content (AvgIpc) is 2.55. The molecule has 0 saturated carbocycles. The number of carbonyl (C=O) groups is 1. The van der Waals surface area contributed by atoms with Crippen molar-refractivity contribution in [3.05, 3.63) is 54.1 Å². The number of nitrogens with one attached hydrogen (secondary N) is 1. The molecule has 2 rings (SSSR count). The molecule has 0 aliphatic carbocycles. The maximum absolute atomic E-state index is 12.0. The molecule has 2 N–H and O–H groups in total. The van der Waals surface area contributed by atoms with Crippen LogP contribution in [0.25, 0.3) is 11.1 Å². The van der Waals surface area contributed by atoms with Gasteiger partial charge in [-0.2, -0.15) is 0 Å². The first kappa shape index (κ1) is 17.1. The molecule has 0 aliphatic rings. The van der Waals surface area contributed by atoms with E-state index < -0.39 is 16.0 Å². The molecule has 2 aromatic rings. The molecule has 6 nitrogen and oxygen atoms in total. The summed E-state index contributed by atoms with van der Waals surface area (Å²) in [6.45, 7) is 0.504. The Morgan fingerprint density at radius 3 is 2.04 bits per heavy atom. The molecule has 122 valence electrons. The van der Waals surface area contributed by atoms with Gasteiger partial charge in [0.15, 0.2) is 0 Å². The lowest BCUT2D eigenvalue weighted by Gasteiger charge is -2.08. The molecule has 23 heavy (non-hydrogen) atoms. The summed E-state index contributed by atoms with van der Waals surface area (Å²) in [5.41, 5.74) is 1.82. The normalized spacial score (nSPS) is 11.3. The standard InChI is InChI=1S/C16H17NO5S/c1-22-11-10-17-23(20,21)15-8-6-13(7-9-15)12-2-4-14(5-3-12)16(18)19/h2-9,17H,10-11H2,1H3,(H,18,19). The SMILES string of the molecule is COCCNS(=O)(=O)c1ccc(-c2ccc(C(=O)O)cc2)cc1. The first-order chi connectivity index (χ1) is 10.9. The Morgan fingerprint density at radius 1 is 1.04 bits per heavy atom. The molecule has 0 saturated heterocycles. The molecule has 0 radical (unpaired) electrons. The molecule has 0 fully saturated rings. The number of hydrogen-bond donors (Lipinski definition) is 2. The van der Waals surface area contributed by atoms with Crippen LogP contribution in [0.15, 0.2) is 53.4 Å². The van der Waals surface area contributed by atoms with Crippen molar-refractivity contribution < 1.29 is 23.1 Å². The summed E-state index contributed by atoms with van der Waals surface area (Å²) < 4.78 is 31.3. The minimum absolute atomic E-state index is 0.166. The molecule has 0 amide bonds. The van der Waals surface area contributed by atoms with Gasteiger partial charge in [-0.3, -0.25) is 0 Å². The van der Waals surface area contributed by atoms with Gasteiger partial charge in [0.05, 0.1) is 17.1 Å². The van der Waals surface area contributed by atoms with E-state index in [0.29, 0.717) is 6.61 Å². The molecule has 0 spiro atoms. The maximum Gasteiger partial charge on any atom is 0.335 e. The van der Waals surface area contributed by atoms with Gasteiger partial charge in [-0.15, -0.1) is 0 Å². The zero-order valence-electron chi connectivity index (χ0n) is 12.5. The smallest absolute Gasteiger partial charge is 0.335 e. The number of methoxy groups -OCH3 is 1. The number of sulfonamides is 1. The van der Waals surface area contributed by atoms with Crippen molar-refractivity contribution in [2.75, 3.05) is 20.3 Å². The van der Waals surface area contributed by atoms with Gasteiger partial charge in [0.2, 0.25) is 10.0 Å². The minimum Gasteiger partial charge on any atom is -0.478 e. The Balaban J connectivity index is 2.17. The molecule has 0 bridgehead atoms. The number of hydrogen-bond acceptors (Lipinski definition) is 4. The first-order valence-corrected chi connectivity index (χ1v) is 8.35. The highest BCUT2D eigenvalue weighted by molar-refractivity contribution is 7.89. The number of ether oxygens (including phenoxy) is 1. The van der Waals surface area contributed by atoms with Gasteiger partial charge in [-0.05, 0) is 35.4 Å². The van der Waals surface area contributed by atoms with Crippen LogP contribution >= 0.6 is 0 Å². The van der Waals surface area contributed by atoms with Crippen LogP contribution in [0, 0.1) is 0 Å². The Bertz CT molecular complexity index is 767. The lowest BCUT2D eigenvalue weighted by Crippen LogP contribution is -2.27. The van der Waals surface area contributed by atoms with E-state index >= 15 is 0 Å². The van der Waals surface area contributed by atoms with Crippen LogP contribution in [0.3, 0.4) is 0 Å². The van der Waals surface area contributed by atoms with Crippen LogP contribution in [0.2, 0.25) is 0 Å². The molecule has 7 heteroatoms. The van der Waals surface area contributed by atoms with Crippen molar-refractivity contribution in [1.29, 1.82) is 0 Å². The van der Waals surface area contributed by atoms with E-state index in [-0.39, 0.29) is 17.0 Å². The molecule has 0 atom stereocenters. The predicted octanol–water partition coefficient (Wildman–Crippen LogP) is 1.98. The number of aromatic carboxylic acids is 1. The van der Waals surface area contributed by atoms with Crippen molar-refractivity contribution in [2.45, 2.75) is 4.90 Å². The second kappa shape index (κ2) is 7.36. The molecule has 0 aliphatic heterocycles. The Kier molecular flexibility index (Phi) is 5.49. The third kappa shape index (κ3) is 4.38. The fourth-order valence-electron chi connectivity index (χ4n) is 1.99. The van der Waals surface area contributed by atoms with Crippen molar-refractivity contribution in [1.82, 2.24) is 4.72 Å². The van der Waals surface area contributed by atoms with Crippen LogP contribution in [0.5, 0.6) is 0 Å². The number of benzene rings is 2. The highest BCUT2D eigenvalue weighted by atomic mass is 32.2. The van der Waals surface area contributed by atoms with Crippen LogP contribution in [-0.4, -0.2) is 39.8 Å². The highest BCUT2D eigenvalue weighted by Gasteiger charge is 2.13. The van der Waals surface area contributed by atoms with Gasteiger partial charge >= 0.3 is 5.97 Å². The van der Waals surface area contributed by atoms with Gasteiger partial charge in [0, 0.05) is 13.7 Å². The van der Waals surface area contributed by atoms with Gasteiger partial charge in [-0.25, -0.2) is 17.9 Å². The highest BCUT2D eigenvalue weighted by Crippen LogP contribution is 2.21. The van der Waals surface area contributed by atoms with Crippen LogP contribution in [0.4, 0.5) is 0 Å². The minimum atomic E-state index is -3.56. The molecule has 0 unspecified atom stereocenters. The molecular weight excluding hydrogens is 318 g/mol. The third-order valence-electron chi connectivity index (χ3n) is 3.23. The zero-order valence-corrected chi connectivity index (χ0v) is 13.3. The van der Waals surface area contributed by atoms with Crippen molar-refractivity contribution >= 4 is 16.0 Å². The molecular formula is C16H17NO5S.